The van der Waals surface area contributed by atoms with Gasteiger partial charge in [0.05, 0.1) is 18.3 Å². The van der Waals surface area contributed by atoms with Crippen LogP contribution >= 0.6 is 0 Å². The highest BCUT2D eigenvalue weighted by atomic mass is 16.4. The topological polar surface area (TPSA) is 90.0 Å². The van der Waals surface area contributed by atoms with Crippen molar-refractivity contribution < 1.29 is 9.90 Å². The number of pyridine rings is 1. The van der Waals surface area contributed by atoms with Crippen LogP contribution in [0, 0.1) is 11.8 Å². The largest absolute Gasteiger partial charge is 0.478 e. The SMILES string of the molecule is O=C(O)c1ccc(Cn2ccc3ccc(C#CCn4ccnn4)cc3c2=O)cc1. The summed E-state index contributed by atoms with van der Waals surface area (Å²) in [7, 11) is 0. The summed E-state index contributed by atoms with van der Waals surface area (Å²) >= 11 is 0. The fourth-order valence-electron chi connectivity index (χ4n) is 2.97. The molecule has 0 aliphatic carbocycles. The van der Waals surface area contributed by atoms with Gasteiger partial charge in [-0.2, -0.15) is 0 Å². The van der Waals surface area contributed by atoms with Crippen LogP contribution < -0.4 is 5.56 Å². The number of aromatic carboxylic acids is 1. The molecule has 29 heavy (non-hydrogen) atoms. The van der Waals surface area contributed by atoms with Gasteiger partial charge in [0, 0.05) is 23.3 Å². The number of aromatic nitrogens is 4. The lowest BCUT2D eigenvalue weighted by Crippen LogP contribution is -2.20. The molecule has 0 saturated carbocycles. The van der Waals surface area contributed by atoms with E-state index in [-0.39, 0.29) is 11.1 Å². The van der Waals surface area contributed by atoms with Crippen LogP contribution in [0.2, 0.25) is 0 Å². The first-order chi connectivity index (χ1) is 14.1. The Balaban J connectivity index is 1.61. The van der Waals surface area contributed by atoms with Gasteiger partial charge in [0.1, 0.15) is 6.54 Å². The van der Waals surface area contributed by atoms with E-state index >= 15 is 0 Å². The van der Waals surface area contributed by atoms with E-state index in [9.17, 15) is 9.59 Å². The molecule has 7 heteroatoms. The van der Waals surface area contributed by atoms with E-state index in [1.165, 1.54) is 12.1 Å². The summed E-state index contributed by atoms with van der Waals surface area (Å²) in [6.45, 7) is 0.778. The van der Waals surface area contributed by atoms with Crippen molar-refractivity contribution in [3.8, 4) is 11.8 Å². The Morgan fingerprint density at radius 2 is 1.90 bits per heavy atom. The van der Waals surface area contributed by atoms with E-state index in [2.05, 4.69) is 22.2 Å². The van der Waals surface area contributed by atoms with Crippen molar-refractivity contribution in [1.82, 2.24) is 19.6 Å². The number of benzene rings is 2. The van der Waals surface area contributed by atoms with Gasteiger partial charge in [0.15, 0.2) is 0 Å². The Morgan fingerprint density at radius 1 is 1.07 bits per heavy atom. The van der Waals surface area contributed by atoms with Crippen LogP contribution in [0.25, 0.3) is 10.8 Å². The fraction of sp³-hybridized carbons (Fsp3) is 0.0909. The predicted octanol–water partition coefficient (Wildman–Crippen LogP) is 2.39. The highest BCUT2D eigenvalue weighted by Crippen LogP contribution is 2.13. The van der Waals surface area contributed by atoms with Crippen molar-refractivity contribution in [2.75, 3.05) is 0 Å². The molecule has 2 heterocycles. The van der Waals surface area contributed by atoms with Gasteiger partial charge in [-0.15, -0.1) is 5.10 Å². The molecule has 0 unspecified atom stereocenters. The van der Waals surface area contributed by atoms with Crippen molar-refractivity contribution in [3.63, 3.8) is 0 Å². The first-order valence-electron chi connectivity index (χ1n) is 8.88. The average Bonchev–Trinajstić information content (AvgIpc) is 3.24. The summed E-state index contributed by atoms with van der Waals surface area (Å²) in [5, 5.41) is 18.0. The molecule has 7 nitrogen and oxygen atoms in total. The quantitative estimate of drug-likeness (QED) is 0.546. The zero-order chi connectivity index (χ0) is 20.2. The molecular formula is C22H16N4O3. The number of hydrogen-bond donors (Lipinski definition) is 1. The second kappa shape index (κ2) is 7.82. The molecule has 0 radical (unpaired) electrons. The molecule has 0 atom stereocenters. The van der Waals surface area contributed by atoms with Crippen molar-refractivity contribution in [2.45, 2.75) is 13.1 Å². The molecule has 2 aromatic carbocycles. The first kappa shape index (κ1) is 18.2. The Morgan fingerprint density at radius 3 is 2.62 bits per heavy atom. The Bertz CT molecular complexity index is 1290. The van der Waals surface area contributed by atoms with Gasteiger partial charge in [0.25, 0.3) is 5.56 Å². The lowest BCUT2D eigenvalue weighted by Gasteiger charge is -2.08. The summed E-state index contributed by atoms with van der Waals surface area (Å²) in [5.41, 5.74) is 1.69. The molecule has 0 fully saturated rings. The van der Waals surface area contributed by atoms with Gasteiger partial charge in [-0.05, 0) is 41.3 Å². The molecule has 0 aliphatic rings. The van der Waals surface area contributed by atoms with Crippen molar-refractivity contribution in [3.05, 3.63) is 94.2 Å². The minimum absolute atomic E-state index is 0.121. The van der Waals surface area contributed by atoms with Crippen molar-refractivity contribution >= 4 is 16.7 Å². The van der Waals surface area contributed by atoms with Crippen LogP contribution in [0.3, 0.4) is 0 Å². The molecule has 0 amide bonds. The van der Waals surface area contributed by atoms with Crippen molar-refractivity contribution in [2.24, 2.45) is 0 Å². The van der Waals surface area contributed by atoms with Crippen LogP contribution in [0.15, 0.2) is 71.9 Å². The maximum absolute atomic E-state index is 12.9. The maximum atomic E-state index is 12.9. The van der Waals surface area contributed by atoms with Crippen molar-refractivity contribution in [1.29, 1.82) is 0 Å². The molecule has 0 saturated heterocycles. The molecular weight excluding hydrogens is 368 g/mol. The molecule has 0 aliphatic heterocycles. The summed E-state index contributed by atoms with van der Waals surface area (Å²) in [6, 6.07) is 13.9. The Labute approximate surface area is 165 Å². The number of fused-ring (bicyclic) bond motifs is 1. The van der Waals surface area contributed by atoms with E-state index in [4.69, 9.17) is 5.11 Å². The third-order valence-corrected chi connectivity index (χ3v) is 4.48. The Kier molecular flexibility index (Phi) is 4.91. The number of nitrogens with zero attached hydrogens (tertiary/aromatic N) is 4. The molecule has 1 N–H and O–H groups in total. The van der Waals surface area contributed by atoms with Gasteiger partial charge in [-0.1, -0.05) is 35.3 Å². The lowest BCUT2D eigenvalue weighted by molar-refractivity contribution is 0.0697. The van der Waals surface area contributed by atoms with E-state index in [1.807, 2.05) is 18.2 Å². The van der Waals surface area contributed by atoms with Gasteiger partial charge < -0.3 is 9.67 Å². The number of carboxylic acid groups (broad SMARTS) is 1. The van der Waals surface area contributed by atoms with Crippen LogP contribution in [0.5, 0.6) is 0 Å². The molecule has 142 valence electrons. The monoisotopic (exact) mass is 384 g/mol. The lowest BCUT2D eigenvalue weighted by atomic mass is 10.1. The normalized spacial score (nSPS) is 10.5. The van der Waals surface area contributed by atoms with Gasteiger partial charge in [-0.3, -0.25) is 4.79 Å². The van der Waals surface area contributed by atoms with E-state index in [0.717, 1.165) is 16.5 Å². The van der Waals surface area contributed by atoms with E-state index in [0.29, 0.717) is 18.5 Å². The number of hydrogen-bond acceptors (Lipinski definition) is 4. The van der Waals surface area contributed by atoms with Gasteiger partial charge >= 0.3 is 5.97 Å². The second-order valence-electron chi connectivity index (χ2n) is 6.46. The smallest absolute Gasteiger partial charge is 0.335 e. The molecule has 0 bridgehead atoms. The van der Waals surface area contributed by atoms with E-state index in [1.54, 1.807) is 46.0 Å². The highest BCUT2D eigenvalue weighted by Gasteiger charge is 2.06. The van der Waals surface area contributed by atoms with E-state index < -0.39 is 5.97 Å². The number of carbonyl (C=O) groups is 1. The van der Waals surface area contributed by atoms with Crippen LogP contribution in [0.1, 0.15) is 21.5 Å². The molecule has 4 rings (SSSR count). The first-order valence-corrected chi connectivity index (χ1v) is 8.88. The summed E-state index contributed by atoms with van der Waals surface area (Å²) < 4.78 is 3.22. The molecule has 2 aromatic heterocycles. The van der Waals surface area contributed by atoms with Crippen LogP contribution in [-0.4, -0.2) is 30.6 Å². The standard InChI is InChI=1S/C22H16N4O3/c27-21-20-14-16(2-1-11-26-13-10-23-24-26)3-6-18(20)9-12-25(21)15-17-4-7-19(8-5-17)22(28)29/h3-10,12-14H,11,15H2,(H,28,29). The second-order valence-corrected chi connectivity index (χ2v) is 6.46. The summed E-state index contributed by atoms with van der Waals surface area (Å²) in [5.74, 6) is 5.08. The summed E-state index contributed by atoms with van der Waals surface area (Å²) in [4.78, 5) is 23.9. The minimum Gasteiger partial charge on any atom is -0.478 e. The number of carboxylic acids is 1. The van der Waals surface area contributed by atoms with Gasteiger partial charge in [0.2, 0.25) is 0 Å². The third-order valence-electron chi connectivity index (χ3n) is 4.48. The predicted molar refractivity (Wildman–Crippen MR) is 108 cm³/mol. The van der Waals surface area contributed by atoms with Gasteiger partial charge in [-0.25, -0.2) is 9.48 Å². The van der Waals surface area contributed by atoms with Crippen LogP contribution in [0.4, 0.5) is 0 Å². The highest BCUT2D eigenvalue weighted by molar-refractivity contribution is 5.87. The number of rotatable bonds is 4. The summed E-state index contributed by atoms with van der Waals surface area (Å²) in [6.07, 6.45) is 5.07. The zero-order valence-electron chi connectivity index (χ0n) is 15.3. The Hall–Kier alpha value is -4.18. The minimum atomic E-state index is -0.975. The van der Waals surface area contributed by atoms with Crippen LogP contribution in [-0.2, 0) is 13.1 Å². The third kappa shape index (κ3) is 4.06. The fourth-order valence-corrected chi connectivity index (χ4v) is 2.97. The average molecular weight is 384 g/mol. The zero-order valence-corrected chi connectivity index (χ0v) is 15.3. The molecule has 4 aromatic rings. The molecule has 0 spiro atoms. The maximum Gasteiger partial charge on any atom is 0.335 e.